The van der Waals surface area contributed by atoms with Crippen molar-refractivity contribution in [2.45, 2.75) is 33.1 Å². The van der Waals surface area contributed by atoms with Crippen LogP contribution in [0, 0.1) is 6.92 Å². The Morgan fingerprint density at radius 2 is 1.75 bits per heavy atom. The van der Waals surface area contributed by atoms with Gasteiger partial charge in [-0.3, -0.25) is 9.59 Å². The highest BCUT2D eigenvalue weighted by Gasteiger charge is 2.19. The fraction of sp³-hybridized carbons (Fsp3) is 0.267. The van der Waals surface area contributed by atoms with Crippen LogP contribution in [0.2, 0.25) is 0 Å². The van der Waals surface area contributed by atoms with Crippen molar-refractivity contribution in [3.63, 3.8) is 0 Å². The van der Waals surface area contributed by atoms with Gasteiger partial charge in [0.1, 0.15) is 17.1 Å². The lowest BCUT2D eigenvalue weighted by Gasteiger charge is -2.14. The molecule has 0 unspecified atom stereocenters. The van der Waals surface area contributed by atoms with Crippen LogP contribution < -0.4 is 19.6 Å². The van der Waals surface area contributed by atoms with Gasteiger partial charge in [-0.2, -0.15) is 0 Å². The number of carbonyl (C=O) groups is 1. The Hall–Kier alpha value is -4.06. The zero-order valence-electron chi connectivity index (χ0n) is 20.5. The lowest BCUT2D eigenvalue weighted by Crippen LogP contribution is -2.13. The zero-order chi connectivity index (χ0) is 25.1. The number of benzene rings is 3. The fourth-order valence-electron chi connectivity index (χ4n) is 4.48. The molecule has 6 heteroatoms. The summed E-state index contributed by atoms with van der Waals surface area (Å²) in [6, 6.07) is 18.1. The first-order chi connectivity index (χ1) is 17.5. The molecule has 1 aliphatic rings. The summed E-state index contributed by atoms with van der Waals surface area (Å²) in [7, 11) is 0. The van der Waals surface area contributed by atoms with Crippen molar-refractivity contribution < 1.29 is 23.4 Å². The summed E-state index contributed by atoms with van der Waals surface area (Å²) in [5.41, 5.74) is 2.99. The predicted octanol–water partition coefficient (Wildman–Crippen LogP) is 6.14. The molecule has 0 saturated heterocycles. The van der Waals surface area contributed by atoms with E-state index in [1.165, 1.54) is 0 Å². The molecule has 0 aliphatic carbocycles. The van der Waals surface area contributed by atoms with Gasteiger partial charge >= 0.3 is 0 Å². The minimum absolute atomic E-state index is 0.0925. The van der Waals surface area contributed by atoms with Crippen LogP contribution in [0.1, 0.15) is 41.4 Å². The molecule has 0 radical (unpaired) electrons. The van der Waals surface area contributed by atoms with E-state index in [4.69, 9.17) is 18.6 Å². The number of ketones is 1. The lowest BCUT2D eigenvalue weighted by atomic mass is 10.00. The second-order valence-electron chi connectivity index (χ2n) is 8.86. The van der Waals surface area contributed by atoms with Crippen molar-refractivity contribution in [3.05, 3.63) is 87.8 Å². The van der Waals surface area contributed by atoms with Gasteiger partial charge in [0, 0.05) is 18.1 Å². The van der Waals surface area contributed by atoms with Gasteiger partial charge in [-0.15, -0.1) is 0 Å². The maximum Gasteiger partial charge on any atom is 0.200 e. The number of hydrogen-bond acceptors (Lipinski definition) is 6. The number of rotatable bonds is 7. The van der Waals surface area contributed by atoms with Crippen LogP contribution in [0.3, 0.4) is 0 Å². The fourth-order valence-corrected chi connectivity index (χ4v) is 4.48. The molecule has 1 aromatic heterocycles. The van der Waals surface area contributed by atoms with Gasteiger partial charge in [-0.05, 0) is 42.7 Å². The molecule has 4 aromatic rings. The van der Waals surface area contributed by atoms with E-state index in [1.54, 1.807) is 25.1 Å². The molecule has 3 aromatic carbocycles. The average Bonchev–Trinajstić information content (AvgIpc) is 3.13. The first kappa shape index (κ1) is 23.7. The van der Waals surface area contributed by atoms with E-state index in [-0.39, 0.29) is 17.8 Å². The number of carbonyl (C=O) groups excluding carboxylic acids is 1. The summed E-state index contributed by atoms with van der Waals surface area (Å²) >= 11 is 0. The minimum atomic E-state index is -0.118. The van der Waals surface area contributed by atoms with Gasteiger partial charge in [-0.25, -0.2) is 0 Å². The third-order valence-corrected chi connectivity index (χ3v) is 6.26. The summed E-state index contributed by atoms with van der Waals surface area (Å²) in [4.78, 5) is 26.2. The maximum absolute atomic E-state index is 13.7. The quantitative estimate of drug-likeness (QED) is 0.293. The number of fused-ring (bicyclic) bond motifs is 2. The molecule has 0 atom stereocenters. The van der Waals surface area contributed by atoms with E-state index < -0.39 is 0 Å². The molecule has 184 valence electrons. The SMILES string of the molecule is CCCc1cc2c(=O)c(-c3ccc4c(c3)OCCCO4)c(C)oc2cc1OCC(=O)c1ccccc1. The molecule has 0 spiro atoms. The number of ether oxygens (including phenoxy) is 3. The standard InChI is InChI=1S/C30H28O6/c1-3-8-21-15-23-27(17-26(21)35-18-24(31)20-9-5-4-6-10-20)36-19(2)29(30(23)32)22-11-12-25-28(16-22)34-14-7-13-33-25/h4-6,9-12,15-17H,3,7-8,13-14,18H2,1-2H3. The third kappa shape index (κ3) is 4.71. The molecule has 0 bridgehead atoms. The lowest BCUT2D eigenvalue weighted by molar-refractivity contribution is 0.0921. The van der Waals surface area contributed by atoms with Crippen LogP contribution in [0.4, 0.5) is 0 Å². The Bertz CT molecular complexity index is 1470. The molecule has 0 N–H and O–H groups in total. The Morgan fingerprint density at radius 3 is 2.53 bits per heavy atom. The largest absolute Gasteiger partial charge is 0.490 e. The zero-order valence-corrected chi connectivity index (χ0v) is 20.5. The molecule has 6 nitrogen and oxygen atoms in total. The first-order valence-electron chi connectivity index (χ1n) is 12.3. The Labute approximate surface area is 209 Å². The van der Waals surface area contributed by atoms with Crippen LogP contribution in [0.5, 0.6) is 17.2 Å². The normalized spacial score (nSPS) is 12.8. The number of hydrogen-bond donors (Lipinski definition) is 0. The highest BCUT2D eigenvalue weighted by atomic mass is 16.5. The molecule has 2 heterocycles. The summed E-state index contributed by atoms with van der Waals surface area (Å²) in [6.07, 6.45) is 2.38. The highest BCUT2D eigenvalue weighted by molar-refractivity contribution is 5.97. The van der Waals surface area contributed by atoms with Crippen molar-refractivity contribution in [1.82, 2.24) is 0 Å². The number of Topliss-reactive ketones (excluding diaryl/α,β-unsaturated/α-hetero) is 1. The molecular formula is C30H28O6. The van der Waals surface area contributed by atoms with E-state index in [0.717, 1.165) is 24.0 Å². The van der Waals surface area contributed by atoms with Gasteiger partial charge < -0.3 is 18.6 Å². The maximum atomic E-state index is 13.7. The van der Waals surface area contributed by atoms with Crippen LogP contribution in [-0.2, 0) is 6.42 Å². The topological polar surface area (TPSA) is 75.0 Å². The van der Waals surface area contributed by atoms with E-state index in [0.29, 0.717) is 64.7 Å². The van der Waals surface area contributed by atoms with Gasteiger partial charge in [0.15, 0.2) is 23.9 Å². The molecule has 0 fully saturated rings. The van der Waals surface area contributed by atoms with Crippen LogP contribution >= 0.6 is 0 Å². The van der Waals surface area contributed by atoms with Gasteiger partial charge in [0.25, 0.3) is 0 Å². The Kier molecular flexibility index (Phi) is 6.76. The van der Waals surface area contributed by atoms with Crippen molar-refractivity contribution in [2.75, 3.05) is 19.8 Å². The van der Waals surface area contributed by atoms with Crippen LogP contribution in [0.25, 0.3) is 22.1 Å². The second kappa shape index (κ2) is 10.3. The van der Waals surface area contributed by atoms with E-state index >= 15 is 0 Å². The summed E-state index contributed by atoms with van der Waals surface area (Å²) in [6.45, 7) is 4.91. The van der Waals surface area contributed by atoms with Crippen LogP contribution in [0.15, 0.2) is 69.9 Å². The molecule has 0 saturated carbocycles. The van der Waals surface area contributed by atoms with Crippen molar-refractivity contribution in [1.29, 1.82) is 0 Å². The molecule has 1 aliphatic heterocycles. The van der Waals surface area contributed by atoms with Crippen molar-refractivity contribution >= 4 is 16.8 Å². The summed E-state index contributed by atoms with van der Waals surface area (Å²) in [5, 5.41) is 0.480. The smallest absolute Gasteiger partial charge is 0.200 e. The van der Waals surface area contributed by atoms with Crippen LogP contribution in [-0.4, -0.2) is 25.6 Å². The molecule has 5 rings (SSSR count). The average molecular weight is 485 g/mol. The summed E-state index contributed by atoms with van der Waals surface area (Å²) < 4.78 is 23.6. The van der Waals surface area contributed by atoms with Crippen molar-refractivity contribution in [2.24, 2.45) is 0 Å². The Morgan fingerprint density at radius 1 is 0.972 bits per heavy atom. The Balaban J connectivity index is 1.52. The third-order valence-electron chi connectivity index (χ3n) is 6.26. The highest BCUT2D eigenvalue weighted by Crippen LogP contribution is 2.36. The van der Waals surface area contributed by atoms with E-state index in [9.17, 15) is 9.59 Å². The monoisotopic (exact) mass is 484 g/mol. The van der Waals surface area contributed by atoms with Gasteiger partial charge in [-0.1, -0.05) is 49.7 Å². The van der Waals surface area contributed by atoms with Gasteiger partial charge in [0.2, 0.25) is 5.43 Å². The van der Waals surface area contributed by atoms with Gasteiger partial charge in [0.05, 0.1) is 24.2 Å². The van der Waals surface area contributed by atoms with Crippen molar-refractivity contribution in [3.8, 4) is 28.4 Å². The second-order valence-corrected chi connectivity index (χ2v) is 8.86. The first-order valence-corrected chi connectivity index (χ1v) is 12.3. The predicted molar refractivity (Wildman–Crippen MR) is 139 cm³/mol. The molecule has 36 heavy (non-hydrogen) atoms. The minimum Gasteiger partial charge on any atom is -0.490 e. The molecular weight excluding hydrogens is 456 g/mol. The summed E-state index contributed by atoms with van der Waals surface area (Å²) in [5.74, 6) is 2.25. The number of aryl methyl sites for hydroxylation is 2. The van der Waals surface area contributed by atoms with E-state index in [2.05, 4.69) is 6.92 Å². The molecule has 0 amide bonds. The van der Waals surface area contributed by atoms with E-state index in [1.807, 2.05) is 42.5 Å².